The average molecular weight is 1820 g/mol. The number of pyridine rings is 2. The third kappa shape index (κ3) is 16.9. The lowest BCUT2D eigenvalue weighted by atomic mass is 9.85. The minimum Gasteiger partial charge on any atom is -0.355 e. The first kappa shape index (κ1) is 95.4. The molecule has 0 fully saturated rings. The highest BCUT2D eigenvalue weighted by molar-refractivity contribution is 6.18. The van der Waals surface area contributed by atoms with Crippen molar-refractivity contribution in [1.82, 2.24) is 33.2 Å². The number of aromatic amines is 1. The van der Waals surface area contributed by atoms with Crippen LogP contribution in [0.2, 0.25) is 0 Å². The lowest BCUT2D eigenvalue weighted by Crippen LogP contribution is -2.17. The molecule has 19 rings (SSSR count). The van der Waals surface area contributed by atoms with Gasteiger partial charge in [0.05, 0.1) is 89.4 Å². The van der Waals surface area contributed by atoms with Gasteiger partial charge >= 0.3 is 0 Å². The molecule has 698 valence electrons. The molecule has 7 heterocycles. The van der Waals surface area contributed by atoms with Crippen LogP contribution in [0.3, 0.4) is 0 Å². The Morgan fingerprint density at radius 2 is 0.423 bits per heavy atom. The molecule has 0 saturated carbocycles. The number of H-pyrrole nitrogens is 1. The van der Waals surface area contributed by atoms with E-state index in [1.807, 2.05) is 12.3 Å². The van der Waals surface area contributed by atoms with Crippen LogP contribution in [0.4, 0.5) is 17.6 Å². The van der Waals surface area contributed by atoms with Gasteiger partial charge in [0, 0.05) is 77.3 Å². The largest absolute Gasteiger partial charge is 0.355 e. The zero-order valence-electron chi connectivity index (χ0n) is 85.5. The van der Waals surface area contributed by atoms with Gasteiger partial charge in [-0.3, -0.25) is 9.97 Å². The molecular weight excluding hydrogens is 1690 g/mol. The van der Waals surface area contributed by atoms with E-state index in [-0.39, 0.29) is 59.8 Å². The molecule has 19 aromatic rings. The predicted molar refractivity (Wildman–Crippen MR) is 569 cm³/mol. The number of fused-ring (bicyclic) bond motifs is 15. The lowest BCUT2D eigenvalue weighted by molar-refractivity contribution is 0.454. The number of aromatic nitrogens is 7. The van der Waals surface area contributed by atoms with Gasteiger partial charge in [-0.1, -0.05) is 281 Å². The molecule has 0 atom stereocenters. The molecule has 0 bridgehead atoms. The standard InChI is InChI=1S/C92H100N6.C20H25N.C12H4F4N2/c1-85(2,3)54-28-36-72-62(45-54)63-46-55(86(4,5)6)29-37-73(63)95(72)81-70(53-93)82(96-74-38-30-56(87(7,8)9)47-64(74)65-48-57(88(10,11)12)31-39-75(65)96)84(98-78-42-34-60(91(19,20)21)51-68(78)69-52-61(92(22,23)24)35-43-79(69)98)80(71-27-25-26-44-94-71)83(81)97-76-40-32-58(89(13,14)15)49-66(76)67-50-59(90(16,17)18)33-41-77(67)97;1-19(2,3)13-7-9-17-15(11-13)16-12-14(20(4,5)6)8-10-18(16)21-17;13-9-6(5-17)10(14)12(16)8(11(9)15)7-3-1-2-4-18-7/h25-52H,1-24H3;7-12,21H,1-6H3;1-4H. The van der Waals surface area contributed by atoms with Crippen LogP contribution >= 0.6 is 0 Å². The van der Waals surface area contributed by atoms with E-state index in [1.54, 1.807) is 0 Å². The van der Waals surface area contributed by atoms with Gasteiger partial charge in [0.25, 0.3) is 0 Å². The van der Waals surface area contributed by atoms with E-state index in [9.17, 15) is 22.8 Å². The maximum atomic E-state index is 13.6. The van der Waals surface area contributed by atoms with E-state index in [2.05, 4.69) is 436 Å². The van der Waals surface area contributed by atoms with Gasteiger partial charge in [-0.15, -0.1) is 0 Å². The summed E-state index contributed by atoms with van der Waals surface area (Å²) in [5, 5.41) is 33.9. The number of benzene rings is 12. The molecule has 0 aliphatic rings. The monoisotopic (exact) mass is 1820 g/mol. The van der Waals surface area contributed by atoms with E-state index < -0.39 is 34.4 Å². The van der Waals surface area contributed by atoms with E-state index >= 15 is 0 Å². The first-order chi connectivity index (χ1) is 63.9. The maximum Gasteiger partial charge on any atom is 0.180 e. The topological polar surface area (TPSA) is 109 Å². The quantitative estimate of drug-likeness (QED) is 0.132. The second-order valence-electron chi connectivity index (χ2n) is 48.1. The minimum atomic E-state index is -1.72. The van der Waals surface area contributed by atoms with Crippen molar-refractivity contribution in [1.29, 1.82) is 10.5 Å². The Bertz CT molecular complexity index is 7510. The summed E-state index contributed by atoms with van der Waals surface area (Å²) in [4.78, 5) is 12.8. The lowest BCUT2D eigenvalue weighted by Gasteiger charge is -2.29. The summed E-state index contributed by atoms with van der Waals surface area (Å²) in [5.41, 5.74) is 25.6. The Labute approximate surface area is 805 Å². The van der Waals surface area contributed by atoms with Crippen LogP contribution in [0, 0.1) is 45.9 Å². The molecule has 0 unspecified atom stereocenters. The van der Waals surface area contributed by atoms with Gasteiger partial charge in [0.1, 0.15) is 23.3 Å². The Balaban J connectivity index is 0.000000272. The Morgan fingerprint density at radius 1 is 0.226 bits per heavy atom. The number of hydrogen-bond donors (Lipinski definition) is 1. The highest BCUT2D eigenvalue weighted by Gasteiger charge is 2.39. The molecule has 7 aromatic heterocycles. The fourth-order valence-corrected chi connectivity index (χ4v) is 19.5. The van der Waals surface area contributed by atoms with Gasteiger partial charge in [-0.2, -0.15) is 10.5 Å². The van der Waals surface area contributed by atoms with Gasteiger partial charge in [-0.05, 0) is 255 Å². The van der Waals surface area contributed by atoms with Crippen molar-refractivity contribution < 1.29 is 17.6 Å². The minimum absolute atomic E-state index is 0.155. The molecule has 0 amide bonds. The smallest absolute Gasteiger partial charge is 0.180 e. The van der Waals surface area contributed by atoms with Crippen molar-refractivity contribution in [2.45, 2.75) is 262 Å². The molecule has 0 spiro atoms. The highest BCUT2D eigenvalue weighted by Crippen LogP contribution is 2.55. The molecule has 0 saturated heterocycles. The van der Waals surface area contributed by atoms with E-state index in [4.69, 9.17) is 10.2 Å². The summed E-state index contributed by atoms with van der Waals surface area (Å²) in [7, 11) is 0. The molecule has 1 N–H and O–H groups in total. The maximum absolute atomic E-state index is 13.6. The Kier molecular flexibility index (Phi) is 23.1. The summed E-state index contributed by atoms with van der Waals surface area (Å²) >= 11 is 0. The van der Waals surface area contributed by atoms with Crippen molar-refractivity contribution in [3.8, 4) is 57.4 Å². The summed E-state index contributed by atoms with van der Waals surface area (Å²) in [6.45, 7) is 69.1. The fraction of sp³-hybridized carbons (Fsp3) is 0.323. The summed E-state index contributed by atoms with van der Waals surface area (Å²) < 4.78 is 64.0. The van der Waals surface area contributed by atoms with Crippen molar-refractivity contribution in [2.24, 2.45) is 0 Å². The van der Waals surface area contributed by atoms with Crippen LogP contribution in [-0.4, -0.2) is 33.2 Å². The third-order valence-corrected chi connectivity index (χ3v) is 27.9. The molecule has 0 aliphatic heterocycles. The van der Waals surface area contributed by atoms with Crippen LogP contribution in [0.5, 0.6) is 0 Å². The average Bonchev–Trinajstić information content (AvgIpc) is 1.27. The van der Waals surface area contributed by atoms with Crippen LogP contribution in [0.1, 0.15) is 274 Å². The first-order valence-corrected chi connectivity index (χ1v) is 48.1. The van der Waals surface area contributed by atoms with E-state index in [0.29, 0.717) is 5.56 Å². The third-order valence-electron chi connectivity index (χ3n) is 27.9. The van der Waals surface area contributed by atoms with E-state index in [1.165, 1.54) is 102 Å². The number of nitrogens with zero attached hydrogens (tertiary/aromatic N) is 8. The SMILES string of the molecule is CC(C)(C)c1ccc2[nH]c3ccc(C(C)(C)C)cc3c2c1.CC(C)(C)c1ccc2c(c1)c1cc(C(C)(C)C)ccc1n2-c1c(C#N)c(-n2c3ccc(C(C)(C)C)cc3c3cc(C(C)(C)C)ccc32)c(-n2c3ccc(C(C)(C)C)cc3c3cc(C(C)(C)C)ccc32)c(-c2ccccn2)c1-n1c2ccc(C(C)(C)C)cc2c2cc(C(C)(C)C)ccc21.N#Cc1c(F)c(F)c(-c2ccccn2)c(F)c1F. The number of rotatable bonds is 6. The zero-order valence-corrected chi connectivity index (χ0v) is 85.5. The van der Waals surface area contributed by atoms with Gasteiger partial charge < -0.3 is 23.3 Å². The number of hydrogen-bond acceptors (Lipinski definition) is 4. The molecule has 12 aromatic carbocycles. The zero-order chi connectivity index (χ0) is 99.1. The Hall–Kier alpha value is -13.4. The van der Waals surface area contributed by atoms with Crippen LogP contribution in [-0.2, 0) is 54.1 Å². The van der Waals surface area contributed by atoms with Crippen molar-refractivity contribution in [3.63, 3.8) is 0 Å². The van der Waals surface area contributed by atoms with Gasteiger partial charge in [-0.25, -0.2) is 17.6 Å². The second kappa shape index (κ2) is 33.2. The van der Waals surface area contributed by atoms with Crippen LogP contribution in [0.25, 0.3) is 154 Å². The molecular formula is C124H129F4N9. The van der Waals surface area contributed by atoms with Crippen molar-refractivity contribution >= 4 is 109 Å². The number of nitriles is 2. The van der Waals surface area contributed by atoms with Crippen LogP contribution in [0.15, 0.2) is 231 Å². The van der Waals surface area contributed by atoms with E-state index in [0.717, 1.165) is 127 Å². The number of halogens is 4. The number of nitrogens with one attached hydrogen (secondary N) is 1. The fourth-order valence-electron chi connectivity index (χ4n) is 19.5. The normalized spacial score (nSPS) is 13.0. The molecule has 0 radical (unpaired) electrons. The first-order valence-electron chi connectivity index (χ1n) is 48.1. The van der Waals surface area contributed by atoms with Crippen molar-refractivity contribution in [3.05, 3.63) is 321 Å². The van der Waals surface area contributed by atoms with Gasteiger partial charge in [0.2, 0.25) is 0 Å². The molecule has 9 nitrogen and oxygen atoms in total. The highest BCUT2D eigenvalue weighted by atomic mass is 19.2. The molecule has 13 heteroatoms. The van der Waals surface area contributed by atoms with Gasteiger partial charge in [0.15, 0.2) is 23.3 Å². The second-order valence-corrected chi connectivity index (χ2v) is 48.1. The van der Waals surface area contributed by atoms with Crippen LogP contribution < -0.4 is 0 Å². The molecule has 0 aliphatic carbocycles. The van der Waals surface area contributed by atoms with Crippen molar-refractivity contribution in [2.75, 3.05) is 0 Å². The molecule has 137 heavy (non-hydrogen) atoms. The summed E-state index contributed by atoms with van der Waals surface area (Å²) in [6, 6.07) is 85.5. The summed E-state index contributed by atoms with van der Waals surface area (Å²) in [6.07, 6.45) is 3.18. The Morgan fingerprint density at radius 3 is 0.620 bits per heavy atom. The predicted octanol–water partition coefficient (Wildman–Crippen LogP) is 34.5. The summed E-state index contributed by atoms with van der Waals surface area (Å²) in [5.74, 6) is -6.72.